The molecule has 5 nitrogen and oxygen atoms in total. The summed E-state index contributed by atoms with van der Waals surface area (Å²) in [5, 5.41) is 6.36. The third-order valence-electron chi connectivity index (χ3n) is 4.68. The molecule has 0 heterocycles. The number of ether oxygens (including phenoxy) is 1. The van der Waals surface area contributed by atoms with Crippen molar-refractivity contribution in [3.05, 3.63) is 0 Å². The van der Waals surface area contributed by atoms with Crippen molar-refractivity contribution in [2.75, 3.05) is 13.2 Å². The quantitative estimate of drug-likeness (QED) is 0.471. The number of hydrogen-bond donors (Lipinski definition) is 2. The topological polar surface area (TPSA) is 67.4 Å². The van der Waals surface area contributed by atoms with Crippen LogP contribution in [-0.4, -0.2) is 37.1 Å². The smallest absolute Gasteiger partial charge is 0.407 e. The average Bonchev–Trinajstić information content (AvgIpc) is 2.53. The summed E-state index contributed by atoms with van der Waals surface area (Å²) in [5.41, 5.74) is 0. The molecule has 3 unspecified atom stereocenters. The summed E-state index contributed by atoms with van der Waals surface area (Å²) in [7, 11) is 0. The number of Topliss-reactive ketones (excluding diaryl/α,β-unsaturated/α-hetero) is 1. The summed E-state index contributed by atoms with van der Waals surface area (Å²) < 4.78 is 5.10. The first-order valence-electron chi connectivity index (χ1n) is 10.3. The minimum Gasteiger partial charge on any atom is -0.449 e. The van der Waals surface area contributed by atoms with Crippen molar-refractivity contribution in [2.45, 2.75) is 86.7 Å². The van der Waals surface area contributed by atoms with E-state index >= 15 is 0 Å². The molecule has 0 rings (SSSR count). The van der Waals surface area contributed by atoms with Crippen molar-refractivity contribution in [3.63, 3.8) is 0 Å². The van der Waals surface area contributed by atoms with Crippen LogP contribution in [0.25, 0.3) is 0 Å². The van der Waals surface area contributed by atoms with E-state index in [1.54, 1.807) is 0 Å². The zero-order valence-corrected chi connectivity index (χ0v) is 18.2. The molecule has 0 radical (unpaired) electrons. The van der Waals surface area contributed by atoms with Crippen LogP contribution in [0.4, 0.5) is 4.79 Å². The lowest BCUT2D eigenvalue weighted by Gasteiger charge is -2.32. The number of hydrogen-bond acceptors (Lipinski definition) is 4. The van der Waals surface area contributed by atoms with Gasteiger partial charge in [-0.05, 0) is 31.6 Å². The second-order valence-electron chi connectivity index (χ2n) is 8.53. The molecule has 5 heteroatoms. The van der Waals surface area contributed by atoms with Gasteiger partial charge in [-0.2, -0.15) is 0 Å². The van der Waals surface area contributed by atoms with E-state index in [1.165, 1.54) is 0 Å². The molecule has 0 aromatic rings. The van der Waals surface area contributed by atoms with Crippen LogP contribution in [-0.2, 0) is 9.53 Å². The zero-order valence-electron chi connectivity index (χ0n) is 18.2. The van der Waals surface area contributed by atoms with E-state index in [2.05, 4.69) is 38.3 Å². The highest BCUT2D eigenvalue weighted by molar-refractivity contribution is 5.82. The molecule has 3 atom stereocenters. The molecule has 0 aliphatic carbocycles. The summed E-state index contributed by atoms with van der Waals surface area (Å²) in [6, 6.07) is 0.683. The molecule has 0 fully saturated rings. The molecule has 1 amide bonds. The number of amides is 1. The minimum absolute atomic E-state index is 0.0419. The number of unbranched alkanes of at least 4 members (excludes halogenated alkanes) is 1. The number of ketones is 1. The third kappa shape index (κ3) is 10.8. The van der Waals surface area contributed by atoms with Crippen LogP contribution >= 0.6 is 0 Å². The lowest BCUT2D eigenvalue weighted by molar-refractivity contribution is -0.127. The second kappa shape index (κ2) is 13.1. The lowest BCUT2D eigenvalue weighted by Crippen LogP contribution is -2.43. The first kappa shape index (κ1) is 24.9. The van der Waals surface area contributed by atoms with Crippen molar-refractivity contribution in [1.29, 1.82) is 0 Å². The number of nitrogens with one attached hydrogen (secondary N) is 2. The maximum absolute atomic E-state index is 12.5. The molecule has 154 valence electrons. The van der Waals surface area contributed by atoms with Crippen molar-refractivity contribution in [2.24, 2.45) is 23.7 Å². The Morgan fingerprint density at radius 3 is 2.04 bits per heavy atom. The molecule has 26 heavy (non-hydrogen) atoms. The Bertz CT molecular complexity index is 408. The highest BCUT2D eigenvalue weighted by atomic mass is 16.5. The summed E-state index contributed by atoms with van der Waals surface area (Å²) in [6.07, 6.45) is 2.51. The van der Waals surface area contributed by atoms with Crippen molar-refractivity contribution >= 4 is 11.9 Å². The van der Waals surface area contributed by atoms with Crippen LogP contribution in [0.3, 0.4) is 0 Å². The molecular weight excluding hydrogens is 328 g/mol. The van der Waals surface area contributed by atoms with Gasteiger partial charge in [0.1, 0.15) is 5.78 Å². The van der Waals surface area contributed by atoms with Crippen LogP contribution in [0.2, 0.25) is 0 Å². The fourth-order valence-electron chi connectivity index (χ4n) is 3.31. The van der Waals surface area contributed by atoms with Gasteiger partial charge in [-0.25, -0.2) is 4.79 Å². The van der Waals surface area contributed by atoms with Gasteiger partial charge in [-0.15, -0.1) is 0 Å². The van der Waals surface area contributed by atoms with Gasteiger partial charge < -0.3 is 15.4 Å². The molecule has 0 spiro atoms. The summed E-state index contributed by atoms with van der Waals surface area (Å²) >= 11 is 0. The monoisotopic (exact) mass is 370 g/mol. The van der Waals surface area contributed by atoms with Crippen LogP contribution in [0.5, 0.6) is 0 Å². The summed E-state index contributed by atoms with van der Waals surface area (Å²) in [5.74, 6) is 1.09. The molecular formula is C21H42N2O3. The van der Waals surface area contributed by atoms with Gasteiger partial charge >= 0.3 is 6.09 Å². The molecule has 0 saturated carbocycles. The van der Waals surface area contributed by atoms with Crippen LogP contribution < -0.4 is 10.6 Å². The number of alkyl carbamates (subject to hydrolysis) is 1. The van der Waals surface area contributed by atoms with Gasteiger partial charge in [0.2, 0.25) is 0 Å². The van der Waals surface area contributed by atoms with Gasteiger partial charge in [0.05, 0.1) is 6.61 Å². The Labute approximate surface area is 161 Å². The fraction of sp³-hybridized carbons (Fsp3) is 0.905. The van der Waals surface area contributed by atoms with E-state index in [0.717, 1.165) is 19.3 Å². The lowest BCUT2D eigenvalue weighted by atomic mass is 9.78. The highest BCUT2D eigenvalue weighted by Crippen LogP contribution is 2.26. The van der Waals surface area contributed by atoms with Crippen LogP contribution in [0.15, 0.2) is 0 Å². The van der Waals surface area contributed by atoms with E-state index in [-0.39, 0.29) is 24.0 Å². The molecule has 0 bridgehead atoms. The summed E-state index contributed by atoms with van der Waals surface area (Å²) in [6.45, 7) is 17.5. The minimum atomic E-state index is -0.339. The van der Waals surface area contributed by atoms with Crippen LogP contribution in [0, 0.1) is 23.7 Å². The first-order valence-corrected chi connectivity index (χ1v) is 10.3. The van der Waals surface area contributed by atoms with E-state index in [0.29, 0.717) is 36.8 Å². The highest BCUT2D eigenvalue weighted by Gasteiger charge is 2.29. The largest absolute Gasteiger partial charge is 0.449 e. The van der Waals surface area contributed by atoms with Gasteiger partial charge in [0, 0.05) is 30.5 Å². The predicted molar refractivity (Wildman–Crippen MR) is 108 cm³/mol. The fourth-order valence-corrected chi connectivity index (χ4v) is 3.31. The van der Waals surface area contributed by atoms with Crippen molar-refractivity contribution in [1.82, 2.24) is 10.6 Å². The van der Waals surface area contributed by atoms with Gasteiger partial charge in [-0.3, -0.25) is 4.79 Å². The maximum atomic E-state index is 12.5. The standard InChI is InChI=1S/C21H42N2O3/c1-14(2)13-26-21(25)22-12-10-9-11-19(18(8)23-16(5)6)17(7)20(24)15(3)4/h14-19,23H,9-13H2,1-8H3,(H,22,25). The zero-order chi connectivity index (χ0) is 20.3. The predicted octanol–water partition coefficient (Wildman–Crippen LogP) is 4.40. The maximum Gasteiger partial charge on any atom is 0.407 e. The van der Waals surface area contributed by atoms with Crippen LogP contribution in [0.1, 0.15) is 74.7 Å². The first-order chi connectivity index (χ1) is 12.1. The van der Waals surface area contributed by atoms with E-state index in [4.69, 9.17) is 4.74 Å². The SMILES string of the molecule is CC(C)COC(=O)NCCCCC(C(C)NC(C)C)C(C)C(=O)C(C)C. The normalized spacial score (nSPS) is 15.2. The Morgan fingerprint density at radius 1 is 0.923 bits per heavy atom. The second-order valence-corrected chi connectivity index (χ2v) is 8.53. The summed E-state index contributed by atoms with van der Waals surface area (Å²) in [4.78, 5) is 24.0. The number of carbonyl (C=O) groups is 2. The molecule has 2 N–H and O–H groups in total. The van der Waals surface area contributed by atoms with Crippen molar-refractivity contribution in [3.8, 4) is 0 Å². The molecule has 0 aromatic heterocycles. The number of rotatable bonds is 13. The molecule has 0 aromatic carbocycles. The van der Waals surface area contributed by atoms with Gasteiger partial charge in [-0.1, -0.05) is 54.9 Å². The van der Waals surface area contributed by atoms with E-state index < -0.39 is 0 Å². The van der Waals surface area contributed by atoms with E-state index in [9.17, 15) is 9.59 Å². The molecule has 0 aliphatic rings. The van der Waals surface area contributed by atoms with Gasteiger partial charge in [0.15, 0.2) is 0 Å². The third-order valence-corrected chi connectivity index (χ3v) is 4.68. The average molecular weight is 371 g/mol. The Hall–Kier alpha value is -1.10. The number of carbonyl (C=O) groups excluding carboxylic acids is 2. The molecule has 0 aliphatic heterocycles. The van der Waals surface area contributed by atoms with E-state index in [1.807, 2.05) is 27.7 Å². The molecule has 0 saturated heterocycles. The Kier molecular flexibility index (Phi) is 12.6. The Balaban J connectivity index is 4.42. The Morgan fingerprint density at radius 2 is 1.54 bits per heavy atom. The van der Waals surface area contributed by atoms with Gasteiger partial charge in [0.25, 0.3) is 0 Å². The van der Waals surface area contributed by atoms with Crippen molar-refractivity contribution < 1.29 is 14.3 Å².